The molecule has 100 valence electrons. The van der Waals surface area contributed by atoms with Gasteiger partial charge in [0.25, 0.3) is 0 Å². The Hall–Kier alpha value is -1.59. The Bertz CT molecular complexity index is 560. The Balaban J connectivity index is 2.19. The lowest BCUT2D eigenvalue weighted by Gasteiger charge is -2.13. The highest BCUT2D eigenvalue weighted by Gasteiger charge is 2.09. The van der Waals surface area contributed by atoms with E-state index >= 15 is 0 Å². The van der Waals surface area contributed by atoms with Gasteiger partial charge in [0.2, 0.25) is 5.88 Å². The summed E-state index contributed by atoms with van der Waals surface area (Å²) in [5.74, 6) is 1.18. The number of para-hydroxylation sites is 1. The normalized spacial score (nSPS) is 10.3. The van der Waals surface area contributed by atoms with Crippen LogP contribution in [0.1, 0.15) is 11.1 Å². The monoisotopic (exact) mass is 323 g/mol. The van der Waals surface area contributed by atoms with Crippen molar-refractivity contribution in [2.24, 2.45) is 0 Å². The number of pyridine rings is 1. The van der Waals surface area contributed by atoms with E-state index in [-0.39, 0.29) is 6.61 Å². The number of aliphatic hydroxyl groups is 1. The molecule has 0 spiro atoms. The van der Waals surface area contributed by atoms with Gasteiger partial charge in [-0.1, -0.05) is 12.1 Å². The molecule has 0 aliphatic carbocycles. The molecule has 1 N–H and O–H groups in total. The van der Waals surface area contributed by atoms with E-state index in [0.29, 0.717) is 18.2 Å². The van der Waals surface area contributed by atoms with Crippen LogP contribution in [0.25, 0.3) is 0 Å². The summed E-state index contributed by atoms with van der Waals surface area (Å²) in [5.41, 5.74) is 1.59. The Morgan fingerprint density at radius 3 is 2.74 bits per heavy atom. The molecule has 1 aromatic carbocycles. The molecular formula is C14H14BrNO3. The number of aliphatic hydroxyl groups excluding tert-OH is 1. The van der Waals surface area contributed by atoms with Crippen molar-refractivity contribution in [3.8, 4) is 11.6 Å². The van der Waals surface area contributed by atoms with Gasteiger partial charge in [0.1, 0.15) is 12.4 Å². The summed E-state index contributed by atoms with van der Waals surface area (Å²) >= 11 is 3.41. The molecule has 0 aliphatic heterocycles. The highest BCUT2D eigenvalue weighted by molar-refractivity contribution is 9.10. The molecular weight excluding hydrogens is 310 g/mol. The molecule has 0 amide bonds. The Morgan fingerprint density at radius 2 is 2.00 bits per heavy atom. The molecule has 0 bridgehead atoms. The summed E-state index contributed by atoms with van der Waals surface area (Å²) < 4.78 is 11.7. The zero-order valence-electron chi connectivity index (χ0n) is 10.5. The average molecular weight is 324 g/mol. The molecule has 0 fully saturated rings. The number of hydrogen-bond acceptors (Lipinski definition) is 4. The van der Waals surface area contributed by atoms with Gasteiger partial charge in [-0.3, -0.25) is 0 Å². The highest BCUT2D eigenvalue weighted by atomic mass is 79.9. The van der Waals surface area contributed by atoms with E-state index in [2.05, 4.69) is 20.9 Å². The first-order valence-electron chi connectivity index (χ1n) is 5.75. The van der Waals surface area contributed by atoms with Crippen LogP contribution in [0.4, 0.5) is 0 Å². The van der Waals surface area contributed by atoms with Gasteiger partial charge >= 0.3 is 0 Å². The van der Waals surface area contributed by atoms with Crippen molar-refractivity contribution in [3.63, 3.8) is 0 Å². The molecule has 0 radical (unpaired) electrons. The van der Waals surface area contributed by atoms with Crippen LogP contribution in [0.3, 0.4) is 0 Å². The Morgan fingerprint density at radius 1 is 1.21 bits per heavy atom. The minimum Gasteiger partial charge on any atom is -0.487 e. The van der Waals surface area contributed by atoms with Crippen LogP contribution in [0, 0.1) is 0 Å². The third-order valence-corrected chi connectivity index (χ3v) is 3.26. The van der Waals surface area contributed by atoms with Crippen molar-refractivity contribution in [1.29, 1.82) is 0 Å². The zero-order valence-corrected chi connectivity index (χ0v) is 12.1. The van der Waals surface area contributed by atoms with Crippen LogP contribution in [0.5, 0.6) is 11.6 Å². The van der Waals surface area contributed by atoms with E-state index in [0.717, 1.165) is 15.6 Å². The first-order valence-corrected chi connectivity index (χ1v) is 6.54. The minimum atomic E-state index is -0.0705. The predicted molar refractivity (Wildman–Crippen MR) is 75.2 cm³/mol. The van der Waals surface area contributed by atoms with E-state index in [1.165, 1.54) is 0 Å². The SMILES string of the molecule is COc1ncccc1COc1c(Br)cccc1CO. The predicted octanol–water partition coefficient (Wildman–Crippen LogP) is 2.92. The topological polar surface area (TPSA) is 51.6 Å². The van der Waals surface area contributed by atoms with Crippen LogP contribution < -0.4 is 9.47 Å². The van der Waals surface area contributed by atoms with Gasteiger partial charge in [-0.15, -0.1) is 0 Å². The van der Waals surface area contributed by atoms with E-state index in [4.69, 9.17) is 9.47 Å². The molecule has 0 saturated carbocycles. The van der Waals surface area contributed by atoms with Crippen molar-refractivity contribution in [2.75, 3.05) is 7.11 Å². The van der Waals surface area contributed by atoms with Crippen molar-refractivity contribution in [1.82, 2.24) is 4.98 Å². The van der Waals surface area contributed by atoms with Crippen LogP contribution in [-0.2, 0) is 13.2 Å². The molecule has 0 aliphatic rings. The molecule has 19 heavy (non-hydrogen) atoms. The van der Waals surface area contributed by atoms with Crippen LogP contribution in [-0.4, -0.2) is 17.2 Å². The Labute approximate surface area is 120 Å². The highest BCUT2D eigenvalue weighted by Crippen LogP contribution is 2.30. The molecule has 4 nitrogen and oxygen atoms in total. The average Bonchev–Trinajstić information content (AvgIpc) is 2.46. The number of hydrogen-bond donors (Lipinski definition) is 1. The number of benzene rings is 1. The second-order valence-electron chi connectivity index (χ2n) is 3.85. The second-order valence-corrected chi connectivity index (χ2v) is 4.70. The third kappa shape index (κ3) is 3.24. The number of halogens is 1. The standard InChI is InChI=1S/C14H14BrNO3/c1-18-14-11(5-3-7-16-14)9-19-13-10(8-17)4-2-6-12(13)15/h2-7,17H,8-9H2,1H3. The van der Waals surface area contributed by atoms with E-state index in [1.807, 2.05) is 30.3 Å². The number of ether oxygens (including phenoxy) is 2. The maximum absolute atomic E-state index is 9.30. The van der Waals surface area contributed by atoms with Gasteiger partial charge in [-0.2, -0.15) is 0 Å². The van der Waals surface area contributed by atoms with Crippen LogP contribution in [0.15, 0.2) is 41.0 Å². The van der Waals surface area contributed by atoms with Crippen molar-refractivity contribution < 1.29 is 14.6 Å². The zero-order chi connectivity index (χ0) is 13.7. The fourth-order valence-electron chi connectivity index (χ4n) is 1.71. The van der Waals surface area contributed by atoms with E-state index in [1.54, 1.807) is 13.3 Å². The molecule has 1 heterocycles. The quantitative estimate of drug-likeness (QED) is 0.919. The molecule has 2 aromatic rings. The number of methoxy groups -OCH3 is 1. The molecule has 0 saturated heterocycles. The number of nitrogens with zero attached hydrogens (tertiary/aromatic N) is 1. The van der Waals surface area contributed by atoms with Gasteiger partial charge in [0.15, 0.2) is 0 Å². The molecule has 5 heteroatoms. The van der Waals surface area contributed by atoms with Gasteiger partial charge in [0, 0.05) is 11.8 Å². The van der Waals surface area contributed by atoms with Gasteiger partial charge in [-0.25, -0.2) is 4.98 Å². The summed E-state index contributed by atoms with van der Waals surface area (Å²) in [6.45, 7) is 0.256. The van der Waals surface area contributed by atoms with Gasteiger partial charge in [0.05, 0.1) is 23.8 Å². The van der Waals surface area contributed by atoms with E-state index in [9.17, 15) is 5.11 Å². The summed E-state index contributed by atoms with van der Waals surface area (Å²) in [7, 11) is 1.57. The first kappa shape index (κ1) is 13.8. The lowest BCUT2D eigenvalue weighted by atomic mass is 10.2. The fraction of sp³-hybridized carbons (Fsp3) is 0.214. The lowest BCUT2D eigenvalue weighted by molar-refractivity contribution is 0.255. The summed E-state index contributed by atoms with van der Waals surface area (Å²) in [6, 6.07) is 9.26. The lowest BCUT2D eigenvalue weighted by Crippen LogP contribution is -2.02. The van der Waals surface area contributed by atoms with E-state index < -0.39 is 0 Å². The van der Waals surface area contributed by atoms with Gasteiger partial charge in [-0.05, 0) is 34.1 Å². The maximum atomic E-state index is 9.30. The third-order valence-electron chi connectivity index (χ3n) is 2.63. The Kier molecular flexibility index (Phi) is 4.76. The summed E-state index contributed by atoms with van der Waals surface area (Å²) in [5, 5.41) is 9.30. The number of rotatable bonds is 5. The summed E-state index contributed by atoms with van der Waals surface area (Å²) in [4.78, 5) is 4.11. The second kappa shape index (κ2) is 6.54. The van der Waals surface area contributed by atoms with Crippen LogP contribution >= 0.6 is 15.9 Å². The molecule has 2 rings (SSSR count). The molecule has 0 unspecified atom stereocenters. The van der Waals surface area contributed by atoms with Crippen LogP contribution in [0.2, 0.25) is 0 Å². The van der Waals surface area contributed by atoms with Crippen molar-refractivity contribution >= 4 is 15.9 Å². The van der Waals surface area contributed by atoms with Gasteiger partial charge < -0.3 is 14.6 Å². The van der Waals surface area contributed by atoms with Crippen molar-refractivity contribution in [3.05, 3.63) is 52.1 Å². The largest absolute Gasteiger partial charge is 0.487 e. The smallest absolute Gasteiger partial charge is 0.219 e. The first-order chi connectivity index (χ1) is 9.26. The van der Waals surface area contributed by atoms with Crippen molar-refractivity contribution in [2.45, 2.75) is 13.2 Å². The maximum Gasteiger partial charge on any atom is 0.219 e. The molecule has 0 atom stereocenters. The summed E-state index contributed by atoms with van der Waals surface area (Å²) in [6.07, 6.45) is 1.67. The minimum absolute atomic E-state index is 0.0705. The fourth-order valence-corrected chi connectivity index (χ4v) is 2.23. The number of aromatic nitrogens is 1. The molecule has 1 aromatic heterocycles.